The van der Waals surface area contributed by atoms with Crippen molar-refractivity contribution in [2.75, 3.05) is 31.3 Å². The maximum Gasteiger partial charge on any atom is 0.214 e. The minimum absolute atomic E-state index is 0.00501. The second-order valence-corrected chi connectivity index (χ2v) is 6.62. The van der Waals surface area contributed by atoms with Crippen molar-refractivity contribution in [3.8, 4) is 0 Å². The van der Waals surface area contributed by atoms with Gasteiger partial charge in [-0.25, -0.2) is 8.42 Å². The van der Waals surface area contributed by atoms with E-state index in [1.54, 1.807) is 0 Å². The Hall–Kier alpha value is 0.160. The van der Waals surface area contributed by atoms with Crippen LogP contribution < -0.4 is 0 Å². The first-order chi connectivity index (χ1) is 7.49. The number of halogens is 1. The molecule has 16 heavy (non-hydrogen) atoms. The van der Waals surface area contributed by atoms with Crippen LogP contribution in [-0.4, -0.2) is 50.2 Å². The highest BCUT2D eigenvalue weighted by Gasteiger charge is 2.29. The Morgan fingerprint density at radius 2 is 2.25 bits per heavy atom. The van der Waals surface area contributed by atoms with E-state index >= 15 is 0 Å². The van der Waals surface area contributed by atoms with Crippen LogP contribution in [-0.2, 0) is 14.8 Å². The van der Waals surface area contributed by atoms with Crippen molar-refractivity contribution >= 4 is 21.6 Å². The Kier molecular flexibility index (Phi) is 5.50. The van der Waals surface area contributed by atoms with Crippen molar-refractivity contribution in [2.24, 2.45) is 5.92 Å². The Bertz CT molecular complexity index is 307. The first kappa shape index (κ1) is 14.2. The summed E-state index contributed by atoms with van der Waals surface area (Å²) >= 11 is 5.65. The molecule has 4 nitrogen and oxygen atoms in total. The molecule has 1 aliphatic rings. The van der Waals surface area contributed by atoms with Gasteiger partial charge in [0.15, 0.2) is 0 Å². The Balaban J connectivity index is 2.61. The maximum atomic E-state index is 12.0. The largest absolute Gasteiger partial charge is 0.375 e. The van der Waals surface area contributed by atoms with Crippen LogP contribution in [0.1, 0.15) is 20.3 Å². The summed E-state index contributed by atoms with van der Waals surface area (Å²) in [4.78, 5) is 0. The summed E-state index contributed by atoms with van der Waals surface area (Å²) in [5, 5.41) is 0. The standard InChI is InChI=1S/C10H20ClNO3S/c1-3-10-7-12(4-5-15-10)16(13,14)8-9(2)6-11/h9-10H,3-8H2,1-2H3. The van der Waals surface area contributed by atoms with Gasteiger partial charge in [-0.2, -0.15) is 4.31 Å². The molecular formula is C10H20ClNO3S. The zero-order valence-corrected chi connectivity index (χ0v) is 11.4. The van der Waals surface area contributed by atoms with Crippen molar-refractivity contribution in [3.05, 3.63) is 0 Å². The first-order valence-corrected chi connectivity index (χ1v) is 7.79. The number of sulfonamides is 1. The molecule has 1 fully saturated rings. The Morgan fingerprint density at radius 1 is 1.56 bits per heavy atom. The summed E-state index contributed by atoms with van der Waals surface area (Å²) in [6.07, 6.45) is 0.881. The molecule has 0 spiro atoms. The van der Waals surface area contributed by atoms with Crippen LogP contribution in [0.15, 0.2) is 0 Å². The van der Waals surface area contributed by atoms with E-state index in [-0.39, 0.29) is 17.8 Å². The van der Waals surface area contributed by atoms with Gasteiger partial charge in [0.05, 0.1) is 18.5 Å². The molecule has 0 bridgehead atoms. The zero-order valence-electron chi connectivity index (χ0n) is 9.86. The quantitative estimate of drug-likeness (QED) is 0.707. The number of morpholine rings is 1. The van der Waals surface area contributed by atoms with E-state index in [0.717, 1.165) is 6.42 Å². The van der Waals surface area contributed by atoms with Crippen molar-refractivity contribution in [1.82, 2.24) is 4.31 Å². The van der Waals surface area contributed by atoms with E-state index in [1.165, 1.54) is 4.31 Å². The molecule has 0 saturated carbocycles. The van der Waals surface area contributed by atoms with Crippen LogP contribution >= 0.6 is 11.6 Å². The lowest BCUT2D eigenvalue weighted by Gasteiger charge is -2.32. The molecule has 0 amide bonds. The molecule has 0 aliphatic carbocycles. The fourth-order valence-corrected chi connectivity index (χ4v) is 3.73. The van der Waals surface area contributed by atoms with Gasteiger partial charge in [-0.1, -0.05) is 13.8 Å². The van der Waals surface area contributed by atoms with Gasteiger partial charge < -0.3 is 4.74 Å². The van der Waals surface area contributed by atoms with Crippen molar-refractivity contribution in [1.29, 1.82) is 0 Å². The fourth-order valence-electron chi connectivity index (χ4n) is 1.70. The fraction of sp³-hybridized carbons (Fsp3) is 1.00. The Labute approximate surface area is 103 Å². The molecular weight excluding hydrogens is 250 g/mol. The summed E-state index contributed by atoms with van der Waals surface area (Å²) < 4.78 is 31.0. The molecule has 0 radical (unpaired) electrons. The van der Waals surface area contributed by atoms with Crippen LogP contribution in [0, 0.1) is 5.92 Å². The zero-order chi connectivity index (χ0) is 12.2. The van der Waals surface area contributed by atoms with Gasteiger partial charge in [0.1, 0.15) is 0 Å². The first-order valence-electron chi connectivity index (χ1n) is 5.65. The smallest absolute Gasteiger partial charge is 0.214 e. The van der Waals surface area contributed by atoms with Gasteiger partial charge in [0.25, 0.3) is 0 Å². The molecule has 6 heteroatoms. The van der Waals surface area contributed by atoms with Gasteiger partial charge in [0, 0.05) is 19.0 Å². The lowest BCUT2D eigenvalue weighted by atomic mass is 10.2. The van der Waals surface area contributed by atoms with Crippen molar-refractivity contribution in [2.45, 2.75) is 26.4 Å². The van der Waals surface area contributed by atoms with Crippen LogP contribution in [0.3, 0.4) is 0 Å². The van der Waals surface area contributed by atoms with Crippen molar-refractivity contribution < 1.29 is 13.2 Å². The maximum absolute atomic E-state index is 12.0. The third kappa shape index (κ3) is 3.87. The van der Waals surface area contributed by atoms with E-state index in [9.17, 15) is 8.42 Å². The third-order valence-electron chi connectivity index (χ3n) is 2.71. The molecule has 0 aromatic carbocycles. The van der Waals surface area contributed by atoms with Gasteiger partial charge in [-0.15, -0.1) is 11.6 Å². The molecule has 0 N–H and O–H groups in total. The molecule has 2 atom stereocenters. The minimum atomic E-state index is -3.17. The van der Waals surface area contributed by atoms with Gasteiger partial charge in [0.2, 0.25) is 10.0 Å². The molecule has 1 saturated heterocycles. The highest BCUT2D eigenvalue weighted by Crippen LogP contribution is 2.15. The lowest BCUT2D eigenvalue weighted by Crippen LogP contribution is -2.46. The topological polar surface area (TPSA) is 46.6 Å². The van der Waals surface area contributed by atoms with Crippen LogP contribution in [0.2, 0.25) is 0 Å². The number of rotatable bonds is 5. The number of nitrogens with zero attached hydrogens (tertiary/aromatic N) is 1. The highest BCUT2D eigenvalue weighted by atomic mass is 35.5. The average Bonchev–Trinajstić information content (AvgIpc) is 2.28. The second kappa shape index (κ2) is 6.19. The predicted molar refractivity (Wildman–Crippen MR) is 65.3 cm³/mol. The second-order valence-electron chi connectivity index (χ2n) is 4.30. The lowest BCUT2D eigenvalue weighted by molar-refractivity contribution is -0.00283. The van der Waals surface area contributed by atoms with Crippen LogP contribution in [0.25, 0.3) is 0 Å². The SMILES string of the molecule is CCC1CN(S(=O)(=O)CC(C)CCl)CCO1. The summed E-state index contributed by atoms with van der Waals surface area (Å²) in [6.45, 7) is 5.29. The van der Waals surface area contributed by atoms with E-state index < -0.39 is 10.0 Å². The van der Waals surface area contributed by atoms with Gasteiger partial charge >= 0.3 is 0 Å². The normalized spacial score (nSPS) is 25.6. The molecule has 1 aliphatic heterocycles. The monoisotopic (exact) mass is 269 g/mol. The molecule has 2 unspecified atom stereocenters. The minimum Gasteiger partial charge on any atom is -0.375 e. The number of hydrogen-bond acceptors (Lipinski definition) is 3. The summed E-state index contributed by atoms with van der Waals surface area (Å²) in [6, 6.07) is 0. The van der Waals surface area contributed by atoms with Gasteiger partial charge in [-0.05, 0) is 12.3 Å². The van der Waals surface area contributed by atoms with Gasteiger partial charge in [-0.3, -0.25) is 0 Å². The van der Waals surface area contributed by atoms with E-state index in [1.807, 2.05) is 13.8 Å². The highest BCUT2D eigenvalue weighted by molar-refractivity contribution is 7.89. The predicted octanol–water partition coefficient (Wildman–Crippen LogP) is 1.30. The molecule has 96 valence electrons. The summed E-state index contributed by atoms with van der Waals surface area (Å²) in [7, 11) is -3.17. The molecule has 1 heterocycles. The molecule has 0 aromatic rings. The third-order valence-corrected chi connectivity index (χ3v) is 5.34. The summed E-state index contributed by atoms with van der Waals surface area (Å²) in [5.41, 5.74) is 0. The van der Waals surface area contributed by atoms with Crippen molar-refractivity contribution in [3.63, 3.8) is 0 Å². The van der Waals surface area contributed by atoms with E-state index in [0.29, 0.717) is 25.6 Å². The van der Waals surface area contributed by atoms with Crippen LogP contribution in [0.4, 0.5) is 0 Å². The van der Waals surface area contributed by atoms with E-state index in [2.05, 4.69) is 0 Å². The number of alkyl halides is 1. The Morgan fingerprint density at radius 3 is 2.81 bits per heavy atom. The molecule has 1 rings (SSSR count). The number of hydrogen-bond donors (Lipinski definition) is 0. The van der Waals surface area contributed by atoms with E-state index in [4.69, 9.17) is 16.3 Å². The summed E-state index contributed by atoms with van der Waals surface area (Å²) in [5.74, 6) is 0.503. The average molecular weight is 270 g/mol. The molecule has 0 aromatic heterocycles. The number of ether oxygens (including phenoxy) is 1. The van der Waals surface area contributed by atoms with Crippen LogP contribution in [0.5, 0.6) is 0 Å².